The molecule has 1 aromatic carbocycles. The van der Waals surface area contributed by atoms with E-state index in [0.717, 1.165) is 6.07 Å². The molecule has 0 heterocycles. The molecule has 0 radical (unpaired) electrons. The Labute approximate surface area is 111 Å². The maximum Gasteiger partial charge on any atom is 0.417 e. The maximum atomic E-state index is 12.9. The number of nitrogens with one attached hydrogen (secondary N) is 1. The number of halogens is 3. The second-order valence-electron chi connectivity index (χ2n) is 5.00. The van der Waals surface area contributed by atoms with Crippen LogP contribution in [0.3, 0.4) is 0 Å². The van der Waals surface area contributed by atoms with Crippen molar-refractivity contribution in [2.24, 2.45) is 5.92 Å². The van der Waals surface area contributed by atoms with Gasteiger partial charge in [0.25, 0.3) is 5.91 Å². The third-order valence-corrected chi connectivity index (χ3v) is 3.16. The van der Waals surface area contributed by atoms with Crippen molar-refractivity contribution in [2.75, 3.05) is 0 Å². The average Bonchev–Trinajstić information content (AvgIpc) is 2.26. The molecule has 0 spiro atoms. The lowest BCUT2D eigenvalue weighted by Crippen LogP contribution is -2.37. The topological polar surface area (TPSA) is 29.1 Å². The number of aryl methyl sites for hydroxylation is 1. The van der Waals surface area contributed by atoms with E-state index in [0.29, 0.717) is 5.56 Å². The maximum absolute atomic E-state index is 12.9. The molecule has 1 rings (SSSR count). The summed E-state index contributed by atoms with van der Waals surface area (Å²) in [7, 11) is 0. The highest BCUT2D eigenvalue weighted by Gasteiger charge is 2.36. The van der Waals surface area contributed by atoms with Crippen LogP contribution in [-0.2, 0) is 6.18 Å². The van der Waals surface area contributed by atoms with Gasteiger partial charge >= 0.3 is 6.18 Å². The molecule has 0 bridgehead atoms. The first kappa shape index (κ1) is 15.5. The summed E-state index contributed by atoms with van der Waals surface area (Å²) in [6, 6.07) is 3.56. The van der Waals surface area contributed by atoms with Crippen LogP contribution in [0.15, 0.2) is 18.2 Å². The average molecular weight is 273 g/mol. The molecule has 0 aromatic heterocycles. The number of alkyl halides is 3. The Bertz CT molecular complexity index is 466. The monoisotopic (exact) mass is 273 g/mol. The molecular formula is C14H18F3NO. The van der Waals surface area contributed by atoms with Gasteiger partial charge in [-0.2, -0.15) is 13.2 Å². The van der Waals surface area contributed by atoms with Gasteiger partial charge in [-0.15, -0.1) is 0 Å². The van der Waals surface area contributed by atoms with Crippen molar-refractivity contribution in [1.82, 2.24) is 5.32 Å². The van der Waals surface area contributed by atoms with Crippen molar-refractivity contribution in [1.29, 1.82) is 0 Å². The molecule has 0 fully saturated rings. The molecule has 0 saturated carbocycles. The summed E-state index contributed by atoms with van der Waals surface area (Å²) < 4.78 is 38.7. The fourth-order valence-electron chi connectivity index (χ4n) is 1.65. The Balaban J connectivity index is 3.16. The lowest BCUT2D eigenvalue weighted by molar-refractivity contribution is -0.138. The van der Waals surface area contributed by atoms with Crippen molar-refractivity contribution in [3.8, 4) is 0 Å². The number of hydrogen-bond donors (Lipinski definition) is 1. The lowest BCUT2D eigenvalue weighted by Gasteiger charge is -2.20. The normalized spacial score (nSPS) is 13.5. The highest BCUT2D eigenvalue weighted by molar-refractivity contribution is 5.97. The van der Waals surface area contributed by atoms with Crippen LogP contribution in [-0.4, -0.2) is 11.9 Å². The van der Waals surface area contributed by atoms with Crippen LogP contribution in [0.25, 0.3) is 0 Å². The van der Waals surface area contributed by atoms with E-state index in [1.807, 2.05) is 13.8 Å². The minimum Gasteiger partial charge on any atom is -0.349 e. The van der Waals surface area contributed by atoms with Crippen LogP contribution < -0.4 is 5.32 Å². The summed E-state index contributed by atoms with van der Waals surface area (Å²) in [5.74, 6) is -0.520. The quantitative estimate of drug-likeness (QED) is 0.892. The molecule has 0 saturated heterocycles. The van der Waals surface area contributed by atoms with Crippen LogP contribution in [0, 0.1) is 12.8 Å². The molecular weight excluding hydrogens is 255 g/mol. The molecule has 0 aliphatic rings. The lowest BCUT2D eigenvalue weighted by atomic mass is 9.99. The Morgan fingerprint density at radius 3 is 2.26 bits per heavy atom. The first-order valence-electron chi connectivity index (χ1n) is 6.12. The molecule has 1 atom stereocenters. The van der Waals surface area contributed by atoms with E-state index in [1.165, 1.54) is 19.1 Å². The van der Waals surface area contributed by atoms with Crippen molar-refractivity contribution >= 4 is 5.91 Å². The second-order valence-corrected chi connectivity index (χ2v) is 5.00. The number of carbonyl (C=O) groups excluding carboxylic acids is 1. The van der Waals surface area contributed by atoms with Gasteiger partial charge in [0.1, 0.15) is 0 Å². The van der Waals surface area contributed by atoms with Crippen molar-refractivity contribution in [2.45, 2.75) is 39.9 Å². The Morgan fingerprint density at radius 1 is 1.21 bits per heavy atom. The standard InChI is InChI=1S/C14H18F3NO/c1-8(2)10(4)18-13(19)12-9(3)6-5-7-11(12)14(15,16)17/h5-8,10H,1-4H3,(H,18,19). The zero-order valence-corrected chi connectivity index (χ0v) is 11.4. The van der Waals surface area contributed by atoms with Crippen molar-refractivity contribution in [3.63, 3.8) is 0 Å². The highest BCUT2D eigenvalue weighted by Crippen LogP contribution is 2.33. The summed E-state index contributed by atoms with van der Waals surface area (Å²) in [5, 5.41) is 2.61. The highest BCUT2D eigenvalue weighted by atomic mass is 19.4. The second kappa shape index (κ2) is 5.63. The molecule has 1 amide bonds. The first-order valence-corrected chi connectivity index (χ1v) is 6.12. The third-order valence-electron chi connectivity index (χ3n) is 3.16. The van der Waals surface area contributed by atoms with Gasteiger partial charge in [-0.05, 0) is 31.4 Å². The van der Waals surface area contributed by atoms with E-state index >= 15 is 0 Å². The molecule has 2 nitrogen and oxygen atoms in total. The minimum atomic E-state index is -4.53. The Hall–Kier alpha value is -1.52. The van der Waals surface area contributed by atoms with Gasteiger partial charge in [-0.25, -0.2) is 0 Å². The van der Waals surface area contributed by atoms with Crippen LogP contribution in [0.4, 0.5) is 13.2 Å². The zero-order chi connectivity index (χ0) is 14.8. The van der Waals surface area contributed by atoms with E-state index < -0.39 is 17.6 Å². The Morgan fingerprint density at radius 2 is 1.79 bits per heavy atom. The number of carbonyl (C=O) groups is 1. The summed E-state index contributed by atoms with van der Waals surface area (Å²) in [4.78, 5) is 12.0. The van der Waals surface area contributed by atoms with Crippen LogP contribution >= 0.6 is 0 Å². The summed E-state index contributed by atoms with van der Waals surface area (Å²) in [6.45, 7) is 7.07. The number of rotatable bonds is 3. The van der Waals surface area contributed by atoms with E-state index in [9.17, 15) is 18.0 Å². The fraction of sp³-hybridized carbons (Fsp3) is 0.500. The molecule has 0 aliphatic heterocycles. The van der Waals surface area contributed by atoms with Gasteiger partial charge in [-0.3, -0.25) is 4.79 Å². The number of hydrogen-bond acceptors (Lipinski definition) is 1. The summed E-state index contributed by atoms with van der Waals surface area (Å²) in [6.07, 6.45) is -4.53. The number of amides is 1. The van der Waals surface area contributed by atoms with Crippen molar-refractivity contribution < 1.29 is 18.0 Å². The van der Waals surface area contributed by atoms with E-state index in [1.54, 1.807) is 6.92 Å². The van der Waals surface area contributed by atoms with Crippen LogP contribution in [0.2, 0.25) is 0 Å². The van der Waals surface area contributed by atoms with Gasteiger partial charge in [0.2, 0.25) is 0 Å². The summed E-state index contributed by atoms with van der Waals surface area (Å²) >= 11 is 0. The predicted octanol–water partition coefficient (Wildman–Crippen LogP) is 3.79. The molecule has 1 unspecified atom stereocenters. The molecule has 1 aromatic rings. The summed E-state index contributed by atoms with van der Waals surface area (Å²) in [5.41, 5.74) is -0.855. The molecule has 106 valence electrons. The Kier molecular flexibility index (Phi) is 4.61. The van der Waals surface area contributed by atoms with E-state index in [4.69, 9.17) is 0 Å². The van der Waals surface area contributed by atoms with Crippen molar-refractivity contribution in [3.05, 3.63) is 34.9 Å². The van der Waals surface area contributed by atoms with Gasteiger partial charge in [-0.1, -0.05) is 26.0 Å². The van der Waals surface area contributed by atoms with Gasteiger partial charge < -0.3 is 5.32 Å². The van der Waals surface area contributed by atoms with Gasteiger partial charge in [0.05, 0.1) is 11.1 Å². The van der Waals surface area contributed by atoms with Crippen LogP contribution in [0.5, 0.6) is 0 Å². The fourth-order valence-corrected chi connectivity index (χ4v) is 1.65. The SMILES string of the molecule is Cc1cccc(C(F)(F)F)c1C(=O)NC(C)C(C)C. The predicted molar refractivity (Wildman–Crippen MR) is 67.9 cm³/mol. The van der Waals surface area contributed by atoms with E-state index in [-0.39, 0.29) is 17.5 Å². The molecule has 5 heteroatoms. The smallest absolute Gasteiger partial charge is 0.349 e. The van der Waals surface area contributed by atoms with Crippen LogP contribution in [0.1, 0.15) is 42.3 Å². The van der Waals surface area contributed by atoms with Gasteiger partial charge in [0, 0.05) is 6.04 Å². The minimum absolute atomic E-state index is 0.155. The van der Waals surface area contributed by atoms with E-state index in [2.05, 4.69) is 5.32 Å². The van der Waals surface area contributed by atoms with Gasteiger partial charge in [0.15, 0.2) is 0 Å². The largest absolute Gasteiger partial charge is 0.417 e. The third kappa shape index (κ3) is 3.72. The first-order chi connectivity index (χ1) is 8.64. The molecule has 1 N–H and O–H groups in total. The number of benzene rings is 1. The zero-order valence-electron chi connectivity index (χ0n) is 11.4. The molecule has 19 heavy (non-hydrogen) atoms. The molecule has 0 aliphatic carbocycles.